The van der Waals surface area contributed by atoms with E-state index >= 15 is 0 Å². The lowest BCUT2D eigenvalue weighted by Crippen LogP contribution is -2.52. The van der Waals surface area contributed by atoms with Gasteiger partial charge in [0, 0.05) is 30.3 Å². The number of amides is 4. The van der Waals surface area contributed by atoms with E-state index in [-0.39, 0.29) is 48.5 Å². The summed E-state index contributed by atoms with van der Waals surface area (Å²) >= 11 is 5.66. The number of pyridine rings is 1. The molecule has 1 aromatic carbocycles. The molecule has 154 valence electrons. The predicted molar refractivity (Wildman–Crippen MR) is 103 cm³/mol. The van der Waals surface area contributed by atoms with Crippen molar-refractivity contribution in [3.8, 4) is 0 Å². The van der Waals surface area contributed by atoms with Gasteiger partial charge in [-0.05, 0) is 36.2 Å². The van der Waals surface area contributed by atoms with Crippen molar-refractivity contribution in [1.82, 2.24) is 20.5 Å². The summed E-state index contributed by atoms with van der Waals surface area (Å²) in [6.07, 6.45) is 1.72. The van der Waals surface area contributed by atoms with Crippen molar-refractivity contribution in [2.75, 3.05) is 0 Å². The highest BCUT2D eigenvalue weighted by atomic mass is 35.5. The second-order valence-electron chi connectivity index (χ2n) is 7.04. The van der Waals surface area contributed by atoms with E-state index in [9.17, 15) is 23.6 Å². The Morgan fingerprint density at radius 1 is 1.30 bits per heavy atom. The molecule has 2 aliphatic heterocycles. The Balaban J connectivity index is 1.46. The van der Waals surface area contributed by atoms with Crippen LogP contribution in [0.2, 0.25) is 5.02 Å². The molecule has 3 heterocycles. The Morgan fingerprint density at radius 3 is 2.83 bits per heavy atom. The van der Waals surface area contributed by atoms with Crippen molar-refractivity contribution < 1.29 is 23.6 Å². The molecule has 1 saturated heterocycles. The van der Waals surface area contributed by atoms with Gasteiger partial charge in [0.05, 0.1) is 17.3 Å². The Labute approximate surface area is 175 Å². The minimum Gasteiger partial charge on any atom is -0.346 e. The molecule has 0 aliphatic carbocycles. The third-order valence-corrected chi connectivity index (χ3v) is 5.29. The summed E-state index contributed by atoms with van der Waals surface area (Å²) in [5.74, 6) is -2.25. The highest BCUT2D eigenvalue weighted by molar-refractivity contribution is 6.30. The Morgan fingerprint density at radius 2 is 2.10 bits per heavy atom. The largest absolute Gasteiger partial charge is 0.346 e. The maximum absolute atomic E-state index is 13.8. The normalized spacial score (nSPS) is 18.3. The fourth-order valence-electron chi connectivity index (χ4n) is 3.55. The van der Waals surface area contributed by atoms with E-state index in [1.807, 2.05) is 0 Å². The number of halogens is 2. The number of fused-ring (bicyclic) bond motifs is 1. The molecule has 4 rings (SSSR count). The van der Waals surface area contributed by atoms with Crippen LogP contribution in [0.4, 0.5) is 4.39 Å². The summed E-state index contributed by atoms with van der Waals surface area (Å²) in [5, 5.41) is 4.98. The van der Waals surface area contributed by atoms with Crippen molar-refractivity contribution in [2.24, 2.45) is 0 Å². The van der Waals surface area contributed by atoms with Crippen molar-refractivity contribution in [3.05, 3.63) is 63.7 Å². The molecular formula is C20H16ClFN4O4. The van der Waals surface area contributed by atoms with Crippen LogP contribution in [0.15, 0.2) is 30.5 Å². The Bertz CT molecular complexity index is 1090. The summed E-state index contributed by atoms with van der Waals surface area (Å²) in [6.45, 7) is 0.0369. The van der Waals surface area contributed by atoms with Gasteiger partial charge < -0.3 is 10.2 Å². The number of aromatic nitrogens is 1. The van der Waals surface area contributed by atoms with E-state index in [2.05, 4.69) is 15.6 Å². The van der Waals surface area contributed by atoms with E-state index in [4.69, 9.17) is 11.6 Å². The number of hydrogen-bond donors (Lipinski definition) is 2. The first kappa shape index (κ1) is 20.0. The van der Waals surface area contributed by atoms with Gasteiger partial charge in [-0.2, -0.15) is 0 Å². The van der Waals surface area contributed by atoms with Gasteiger partial charge in [0.2, 0.25) is 11.8 Å². The van der Waals surface area contributed by atoms with Gasteiger partial charge in [-0.25, -0.2) is 4.39 Å². The predicted octanol–water partition coefficient (Wildman–Crippen LogP) is 1.57. The number of piperidine rings is 1. The number of rotatable bonds is 4. The SMILES string of the molecule is O=C1CCC(N2Cc3cc(C(=O)NCc4ncc(Cl)cc4F)ccc3C2=O)C(=O)N1. The van der Waals surface area contributed by atoms with Crippen LogP contribution in [0.5, 0.6) is 0 Å². The summed E-state index contributed by atoms with van der Waals surface area (Å²) < 4.78 is 13.8. The van der Waals surface area contributed by atoms with Crippen molar-refractivity contribution >= 4 is 35.2 Å². The molecule has 0 radical (unpaired) electrons. The monoisotopic (exact) mass is 430 g/mol. The van der Waals surface area contributed by atoms with E-state index in [1.54, 1.807) is 6.07 Å². The quantitative estimate of drug-likeness (QED) is 0.716. The molecule has 2 N–H and O–H groups in total. The highest BCUT2D eigenvalue weighted by Gasteiger charge is 2.39. The van der Waals surface area contributed by atoms with Crippen LogP contribution >= 0.6 is 11.6 Å². The van der Waals surface area contributed by atoms with Crippen molar-refractivity contribution in [1.29, 1.82) is 0 Å². The average Bonchev–Trinajstić information content (AvgIpc) is 3.03. The van der Waals surface area contributed by atoms with Gasteiger partial charge in [-0.1, -0.05) is 11.6 Å². The molecular weight excluding hydrogens is 415 g/mol. The van der Waals surface area contributed by atoms with Crippen LogP contribution in [0.25, 0.3) is 0 Å². The second-order valence-corrected chi connectivity index (χ2v) is 7.47. The van der Waals surface area contributed by atoms with E-state index in [0.717, 1.165) is 6.07 Å². The third kappa shape index (κ3) is 3.76. The zero-order chi connectivity index (χ0) is 21.4. The fourth-order valence-corrected chi connectivity index (χ4v) is 3.70. The first-order valence-electron chi connectivity index (χ1n) is 9.19. The second kappa shape index (κ2) is 7.83. The number of carbonyl (C=O) groups is 4. The van der Waals surface area contributed by atoms with Crippen LogP contribution in [0.1, 0.15) is 44.8 Å². The molecule has 1 unspecified atom stereocenters. The number of imide groups is 1. The maximum atomic E-state index is 13.8. The third-order valence-electron chi connectivity index (χ3n) is 5.09. The molecule has 0 spiro atoms. The van der Waals surface area contributed by atoms with E-state index in [0.29, 0.717) is 16.7 Å². The fraction of sp³-hybridized carbons (Fsp3) is 0.250. The minimum atomic E-state index is -0.723. The maximum Gasteiger partial charge on any atom is 0.255 e. The topological polar surface area (TPSA) is 108 Å². The molecule has 2 aromatic rings. The van der Waals surface area contributed by atoms with Gasteiger partial charge >= 0.3 is 0 Å². The lowest BCUT2D eigenvalue weighted by atomic mass is 10.0. The molecule has 0 saturated carbocycles. The first-order valence-corrected chi connectivity index (χ1v) is 9.57. The molecule has 1 fully saturated rings. The zero-order valence-electron chi connectivity index (χ0n) is 15.6. The number of carbonyl (C=O) groups excluding carboxylic acids is 4. The Kier molecular flexibility index (Phi) is 5.21. The molecule has 30 heavy (non-hydrogen) atoms. The van der Waals surface area contributed by atoms with Crippen LogP contribution in [0, 0.1) is 5.82 Å². The minimum absolute atomic E-state index is 0.0492. The summed E-state index contributed by atoms with van der Waals surface area (Å²) in [5.41, 5.74) is 1.35. The van der Waals surface area contributed by atoms with Gasteiger partial charge in [-0.3, -0.25) is 29.5 Å². The van der Waals surface area contributed by atoms with Crippen LogP contribution in [-0.2, 0) is 22.7 Å². The van der Waals surface area contributed by atoms with Gasteiger partial charge in [0.15, 0.2) is 0 Å². The first-order chi connectivity index (χ1) is 14.3. The van der Waals surface area contributed by atoms with Gasteiger partial charge in [0.1, 0.15) is 11.9 Å². The number of nitrogens with zero attached hydrogens (tertiary/aromatic N) is 2. The van der Waals surface area contributed by atoms with Crippen LogP contribution in [-0.4, -0.2) is 39.6 Å². The lowest BCUT2D eigenvalue weighted by Gasteiger charge is -2.29. The van der Waals surface area contributed by atoms with Crippen molar-refractivity contribution in [2.45, 2.75) is 32.0 Å². The Hall–Kier alpha value is -3.33. The molecule has 0 bridgehead atoms. The number of nitrogens with one attached hydrogen (secondary N) is 2. The molecule has 1 atom stereocenters. The highest BCUT2D eigenvalue weighted by Crippen LogP contribution is 2.28. The van der Waals surface area contributed by atoms with Gasteiger partial charge in [-0.15, -0.1) is 0 Å². The van der Waals surface area contributed by atoms with Crippen molar-refractivity contribution in [3.63, 3.8) is 0 Å². The van der Waals surface area contributed by atoms with E-state index in [1.165, 1.54) is 23.2 Å². The standard InChI is InChI=1S/C20H16ClFN4O4/c21-12-6-14(22)15(23-7-12)8-24-18(28)10-1-2-13-11(5-10)9-26(20(13)30)16-3-4-17(27)25-19(16)29/h1-2,5-7,16H,3-4,8-9H2,(H,24,28)(H,25,27,29). The molecule has 1 aromatic heterocycles. The lowest BCUT2D eigenvalue weighted by molar-refractivity contribution is -0.136. The molecule has 8 nitrogen and oxygen atoms in total. The van der Waals surface area contributed by atoms with E-state index < -0.39 is 23.7 Å². The molecule has 4 amide bonds. The average molecular weight is 431 g/mol. The summed E-state index contributed by atoms with van der Waals surface area (Å²) in [6, 6.07) is 4.98. The zero-order valence-corrected chi connectivity index (χ0v) is 16.3. The smallest absolute Gasteiger partial charge is 0.255 e. The van der Waals surface area contributed by atoms with Crippen LogP contribution < -0.4 is 10.6 Å². The van der Waals surface area contributed by atoms with Gasteiger partial charge in [0.25, 0.3) is 11.8 Å². The molecule has 2 aliphatic rings. The summed E-state index contributed by atoms with van der Waals surface area (Å²) in [7, 11) is 0. The summed E-state index contributed by atoms with van der Waals surface area (Å²) in [4.78, 5) is 53.8. The van der Waals surface area contributed by atoms with Crippen LogP contribution in [0.3, 0.4) is 0 Å². The number of hydrogen-bond acceptors (Lipinski definition) is 5. The molecule has 10 heteroatoms. The number of benzene rings is 1.